The van der Waals surface area contributed by atoms with Crippen LogP contribution in [0.15, 0.2) is 0 Å². The van der Waals surface area contributed by atoms with Gasteiger partial charge in [0.1, 0.15) is 0 Å². The van der Waals surface area contributed by atoms with Crippen LogP contribution >= 0.6 is 0 Å². The molecule has 0 aliphatic rings. The molecule has 0 aromatic rings. The standard InChI is InChI=1S/Li.O3Si.5H2O/c;1-4(2)3;;;;;/h;;5*1H2/q+1;-2;;;;;. The molecule has 0 heterocycles. The molecule has 0 saturated carbocycles. The number of rotatable bonds is 0. The van der Waals surface area contributed by atoms with E-state index in [2.05, 4.69) is 0 Å². The fraction of sp³-hybridized carbons (Fsp3) is 0. The summed E-state index contributed by atoms with van der Waals surface area (Å²) in [6.45, 7) is 0. The maximum absolute atomic E-state index is 8.52. The number of hydrogen-bond donors (Lipinski definition) is 0. The average Bonchev–Trinajstić information content (AvgIpc) is 0.811. The largest absolute Gasteiger partial charge is 1.00 e. The molecule has 0 unspecified atom stereocenters. The minimum absolute atomic E-state index is 0. The molecule has 0 spiro atoms. The molecule has 0 bridgehead atoms. The Morgan fingerprint density at radius 2 is 0.800 bits per heavy atom. The molecule has 10 N–H and O–H groups in total. The van der Waals surface area contributed by atoms with E-state index in [9.17, 15) is 0 Å². The average molecular weight is 173 g/mol. The predicted octanol–water partition coefficient (Wildman–Crippen LogP) is -10.00. The molecular weight excluding hydrogens is 163 g/mol. The van der Waals surface area contributed by atoms with Crippen molar-refractivity contribution < 1.29 is 60.3 Å². The Morgan fingerprint density at radius 3 is 0.800 bits per heavy atom. The van der Waals surface area contributed by atoms with Gasteiger partial charge in [-0.05, 0) is 0 Å². The molecule has 0 radical (unpaired) electrons. The van der Waals surface area contributed by atoms with Crippen molar-refractivity contribution in [3.63, 3.8) is 0 Å². The van der Waals surface area contributed by atoms with Gasteiger partial charge in [-0.25, -0.2) is 0 Å². The zero-order valence-corrected chi connectivity index (χ0v) is 6.22. The Labute approximate surface area is 70.1 Å². The topological polar surface area (TPSA) is 221 Å². The second kappa shape index (κ2) is 63.7. The van der Waals surface area contributed by atoms with Crippen molar-refractivity contribution in [3.8, 4) is 0 Å². The molecule has 0 fully saturated rings. The Hall–Kier alpha value is 0.0143. The van der Waals surface area contributed by atoms with Crippen molar-refractivity contribution in [1.29, 1.82) is 0 Å². The van der Waals surface area contributed by atoms with E-state index in [4.69, 9.17) is 14.1 Å². The summed E-state index contributed by atoms with van der Waals surface area (Å²) in [4.78, 5) is 17.0. The van der Waals surface area contributed by atoms with Crippen molar-refractivity contribution in [2.75, 3.05) is 0 Å². The molecule has 0 amide bonds. The summed E-state index contributed by atoms with van der Waals surface area (Å²) < 4.78 is 8.52. The third kappa shape index (κ3) is 1930000. The third-order valence-corrected chi connectivity index (χ3v) is 0. The summed E-state index contributed by atoms with van der Waals surface area (Å²) in [6.07, 6.45) is 0. The van der Waals surface area contributed by atoms with E-state index >= 15 is 0 Å². The fourth-order valence-corrected chi connectivity index (χ4v) is 0. The molecule has 10 heavy (non-hydrogen) atoms. The van der Waals surface area contributed by atoms with Crippen molar-refractivity contribution in [3.05, 3.63) is 0 Å². The van der Waals surface area contributed by atoms with Gasteiger partial charge in [0.15, 0.2) is 0 Å². The Balaban J connectivity index is -0.00000000300. The quantitative estimate of drug-likeness (QED) is 0.325. The molecule has 0 aliphatic carbocycles. The summed E-state index contributed by atoms with van der Waals surface area (Å²) in [6, 6.07) is 0. The first-order chi connectivity index (χ1) is 1.73. The van der Waals surface area contributed by atoms with Crippen LogP contribution in [0.3, 0.4) is 0 Å². The zero-order valence-electron chi connectivity index (χ0n) is 5.22. The van der Waals surface area contributed by atoms with E-state index < -0.39 is 9.17 Å². The van der Waals surface area contributed by atoms with Gasteiger partial charge in [-0.2, -0.15) is 0 Å². The summed E-state index contributed by atoms with van der Waals surface area (Å²) in [7, 11) is -3.63. The van der Waals surface area contributed by atoms with E-state index in [-0.39, 0.29) is 46.2 Å². The van der Waals surface area contributed by atoms with Crippen LogP contribution in [0.4, 0.5) is 0 Å². The minimum Gasteiger partial charge on any atom is -0.672 e. The molecule has 10 heteroatoms. The van der Waals surface area contributed by atoms with Crippen molar-refractivity contribution >= 4 is 9.17 Å². The first kappa shape index (κ1) is 89.6. The molecule has 0 atom stereocenters. The van der Waals surface area contributed by atoms with Gasteiger partial charge in [0, 0.05) is 9.17 Å². The molecule has 8 nitrogen and oxygen atoms in total. The maximum Gasteiger partial charge on any atom is 1.00 e. The van der Waals surface area contributed by atoms with Gasteiger partial charge < -0.3 is 41.4 Å². The summed E-state index contributed by atoms with van der Waals surface area (Å²) >= 11 is 0. The van der Waals surface area contributed by atoms with Gasteiger partial charge in [-0.15, -0.1) is 0 Å². The first-order valence-corrected chi connectivity index (χ1v) is 1.84. The smallest absolute Gasteiger partial charge is 0.672 e. The monoisotopic (exact) mass is 173 g/mol. The van der Waals surface area contributed by atoms with Gasteiger partial charge in [-0.3, -0.25) is 0 Å². The van der Waals surface area contributed by atoms with E-state index in [1.54, 1.807) is 0 Å². The second-order valence-corrected chi connectivity index (χ2v) is 0.750. The molecule has 0 saturated heterocycles. The summed E-state index contributed by atoms with van der Waals surface area (Å²) in [5.41, 5.74) is 0. The Bertz CT molecular complexity index is 32.2. The molecule has 0 aromatic heterocycles. The van der Waals surface area contributed by atoms with Crippen LogP contribution < -0.4 is 28.5 Å². The molecule has 0 aromatic carbocycles. The fourth-order valence-electron chi connectivity index (χ4n) is 0. The van der Waals surface area contributed by atoms with Gasteiger partial charge in [-0.1, -0.05) is 0 Å². The Morgan fingerprint density at radius 1 is 0.800 bits per heavy atom. The van der Waals surface area contributed by atoms with Gasteiger partial charge >= 0.3 is 18.9 Å². The number of hydrogen-bond acceptors (Lipinski definition) is 3. The second-order valence-electron chi connectivity index (χ2n) is 0.250. The van der Waals surface area contributed by atoms with Crippen LogP contribution in [0.1, 0.15) is 0 Å². The van der Waals surface area contributed by atoms with Crippen LogP contribution in [0.2, 0.25) is 0 Å². The minimum atomic E-state index is -3.63. The predicted molar refractivity (Wildman–Crippen MR) is 24.5 cm³/mol. The van der Waals surface area contributed by atoms with Crippen molar-refractivity contribution in [2.45, 2.75) is 0 Å². The Kier molecular flexibility index (Phi) is 571. The summed E-state index contributed by atoms with van der Waals surface area (Å²) in [5.74, 6) is 0. The van der Waals surface area contributed by atoms with E-state index in [1.165, 1.54) is 0 Å². The molecule has 0 aliphatic heterocycles. The maximum atomic E-state index is 8.52. The van der Waals surface area contributed by atoms with Crippen LogP contribution in [-0.4, -0.2) is 36.6 Å². The van der Waals surface area contributed by atoms with Crippen LogP contribution in [0, 0.1) is 0 Å². The zero-order chi connectivity index (χ0) is 3.58. The van der Waals surface area contributed by atoms with Gasteiger partial charge in [0.2, 0.25) is 0 Å². The van der Waals surface area contributed by atoms with Crippen LogP contribution in [-0.2, 0) is 4.46 Å². The van der Waals surface area contributed by atoms with E-state index in [1.807, 2.05) is 0 Å². The van der Waals surface area contributed by atoms with Gasteiger partial charge in [0.25, 0.3) is 0 Å². The summed E-state index contributed by atoms with van der Waals surface area (Å²) in [5, 5.41) is 0. The van der Waals surface area contributed by atoms with Crippen LogP contribution in [0.25, 0.3) is 0 Å². The molecule has 64 valence electrons. The molecule has 0 rings (SSSR count). The normalized spacial score (nSPS) is 2.40. The van der Waals surface area contributed by atoms with E-state index in [0.29, 0.717) is 0 Å². The van der Waals surface area contributed by atoms with E-state index in [0.717, 1.165) is 0 Å². The van der Waals surface area contributed by atoms with Crippen molar-refractivity contribution in [2.24, 2.45) is 0 Å². The molecular formula is H10LiO8Si-. The van der Waals surface area contributed by atoms with Gasteiger partial charge in [0.05, 0.1) is 0 Å². The third-order valence-electron chi connectivity index (χ3n) is 0. The van der Waals surface area contributed by atoms with Crippen molar-refractivity contribution in [1.82, 2.24) is 0 Å². The SMILES string of the molecule is O.O.O.O.O.O=[Si]([O-])[O-].[Li+]. The first-order valence-electron chi connectivity index (χ1n) is 0.612. The van der Waals surface area contributed by atoms with Crippen LogP contribution in [0.5, 0.6) is 0 Å².